The van der Waals surface area contributed by atoms with E-state index >= 15 is 0 Å². The predicted octanol–water partition coefficient (Wildman–Crippen LogP) is 12.6. The molecule has 7 aromatic carbocycles. The lowest BCUT2D eigenvalue weighted by Gasteiger charge is -2.22. The van der Waals surface area contributed by atoms with Gasteiger partial charge in [-0.25, -0.2) is 19.9 Å². The monoisotopic (exact) mass is 708 g/mol. The molecule has 0 bridgehead atoms. The van der Waals surface area contributed by atoms with Crippen LogP contribution in [0.2, 0.25) is 0 Å². The number of benzene rings is 7. The molecule has 3 heterocycles. The maximum absolute atomic E-state index is 6.59. The quantitative estimate of drug-likeness (QED) is 0.177. The molecule has 6 heteroatoms. The van der Waals surface area contributed by atoms with Crippen LogP contribution in [0.3, 0.4) is 0 Å². The highest BCUT2D eigenvalue weighted by atomic mass is 16.3. The fraction of sp³-hybridized carbons (Fsp3) is 0.0612. The van der Waals surface area contributed by atoms with E-state index in [2.05, 4.69) is 97.7 Å². The maximum atomic E-state index is 6.59. The largest absolute Gasteiger partial charge is 0.456 e. The smallest absolute Gasteiger partial charge is 0.182 e. The van der Waals surface area contributed by atoms with Crippen LogP contribution in [0.15, 0.2) is 167 Å². The van der Waals surface area contributed by atoms with E-state index in [9.17, 15) is 0 Å². The van der Waals surface area contributed by atoms with Crippen LogP contribution in [0.1, 0.15) is 25.0 Å². The van der Waals surface area contributed by atoms with E-state index in [1.165, 1.54) is 23.1 Å². The van der Waals surface area contributed by atoms with Crippen LogP contribution in [0.5, 0.6) is 0 Å². The van der Waals surface area contributed by atoms with E-state index in [0.717, 1.165) is 77.5 Å². The zero-order chi connectivity index (χ0) is 36.7. The van der Waals surface area contributed by atoms with E-state index in [1.54, 1.807) is 0 Å². The molecular formula is C49H32N4O2. The minimum absolute atomic E-state index is 0.229. The third-order valence-corrected chi connectivity index (χ3v) is 11.1. The second-order valence-corrected chi connectivity index (χ2v) is 14.7. The van der Waals surface area contributed by atoms with Gasteiger partial charge in [-0.05, 0) is 75.3 Å². The highest BCUT2D eigenvalue weighted by Gasteiger charge is 2.38. The van der Waals surface area contributed by atoms with Crippen LogP contribution >= 0.6 is 0 Å². The average molecular weight is 709 g/mol. The summed E-state index contributed by atoms with van der Waals surface area (Å²) < 4.78 is 12.5. The molecule has 0 spiro atoms. The van der Waals surface area contributed by atoms with Gasteiger partial charge in [0.25, 0.3) is 0 Å². The number of nitrogens with zero attached hydrogens (tertiary/aromatic N) is 4. The van der Waals surface area contributed by atoms with Crippen molar-refractivity contribution < 1.29 is 8.83 Å². The van der Waals surface area contributed by atoms with Crippen molar-refractivity contribution >= 4 is 33.0 Å². The summed E-state index contributed by atoms with van der Waals surface area (Å²) in [6, 6.07) is 52.4. The van der Waals surface area contributed by atoms with Gasteiger partial charge in [0.2, 0.25) is 0 Å². The van der Waals surface area contributed by atoms with Crippen molar-refractivity contribution in [3.63, 3.8) is 0 Å². The fourth-order valence-corrected chi connectivity index (χ4v) is 8.33. The Morgan fingerprint density at radius 3 is 1.91 bits per heavy atom. The van der Waals surface area contributed by atoms with Gasteiger partial charge in [0.15, 0.2) is 29.4 Å². The number of furan rings is 1. The van der Waals surface area contributed by atoms with Crippen LogP contribution in [0.25, 0.3) is 101 Å². The number of hydrogen-bond acceptors (Lipinski definition) is 6. The lowest BCUT2D eigenvalue weighted by atomic mass is 9.81. The molecule has 0 unspecified atom stereocenters. The topological polar surface area (TPSA) is 77.8 Å². The molecule has 260 valence electrons. The number of fused-ring (bicyclic) bond motifs is 8. The van der Waals surface area contributed by atoms with E-state index < -0.39 is 0 Å². The van der Waals surface area contributed by atoms with E-state index in [1.807, 2.05) is 72.8 Å². The highest BCUT2D eigenvalue weighted by molar-refractivity contribution is 6.14. The van der Waals surface area contributed by atoms with Crippen LogP contribution in [0, 0.1) is 0 Å². The highest BCUT2D eigenvalue weighted by Crippen LogP contribution is 2.52. The first-order valence-corrected chi connectivity index (χ1v) is 18.4. The molecule has 3 aromatic heterocycles. The van der Waals surface area contributed by atoms with Crippen molar-refractivity contribution in [2.45, 2.75) is 19.3 Å². The van der Waals surface area contributed by atoms with Crippen molar-refractivity contribution in [1.29, 1.82) is 0 Å². The summed E-state index contributed by atoms with van der Waals surface area (Å²) in [5.74, 6) is 1.87. The minimum atomic E-state index is -0.229. The predicted molar refractivity (Wildman–Crippen MR) is 219 cm³/mol. The molecule has 0 atom stereocenters. The summed E-state index contributed by atoms with van der Waals surface area (Å²) in [6.07, 6.45) is 1.54. The SMILES string of the molecule is CC1(C)c2cc(-c3cc(-c4cccc(-c5nc(-c6ccccc6)nc(-c6ccccc6)n5)c4)cc4oc5ccccc5c34)ccc2-c2c1ccc1ncoc21. The molecule has 0 saturated carbocycles. The Morgan fingerprint density at radius 1 is 0.473 bits per heavy atom. The molecule has 1 aliphatic carbocycles. The van der Waals surface area contributed by atoms with Gasteiger partial charge in [0.05, 0.1) is 0 Å². The van der Waals surface area contributed by atoms with Crippen LogP contribution in [-0.4, -0.2) is 19.9 Å². The molecule has 0 N–H and O–H groups in total. The van der Waals surface area contributed by atoms with E-state index in [0.29, 0.717) is 17.5 Å². The van der Waals surface area contributed by atoms with Gasteiger partial charge in [-0.2, -0.15) is 0 Å². The first-order valence-electron chi connectivity index (χ1n) is 18.4. The number of hydrogen-bond donors (Lipinski definition) is 0. The van der Waals surface area contributed by atoms with Gasteiger partial charge in [-0.3, -0.25) is 0 Å². The summed E-state index contributed by atoms with van der Waals surface area (Å²) in [6.45, 7) is 4.59. The molecule has 0 fully saturated rings. The Bertz CT molecular complexity index is 3070. The van der Waals surface area contributed by atoms with Gasteiger partial charge in [-0.1, -0.05) is 129 Å². The van der Waals surface area contributed by atoms with Crippen molar-refractivity contribution in [2.24, 2.45) is 0 Å². The third-order valence-electron chi connectivity index (χ3n) is 11.1. The summed E-state index contributed by atoms with van der Waals surface area (Å²) >= 11 is 0. The molecule has 0 amide bonds. The number of rotatable bonds is 5. The van der Waals surface area contributed by atoms with Gasteiger partial charge in [0, 0.05) is 38.4 Å². The Kier molecular flexibility index (Phi) is 6.79. The molecule has 0 aliphatic heterocycles. The van der Waals surface area contributed by atoms with Crippen molar-refractivity contribution in [1.82, 2.24) is 19.9 Å². The zero-order valence-electron chi connectivity index (χ0n) is 30.1. The molecule has 6 nitrogen and oxygen atoms in total. The molecule has 0 saturated heterocycles. The van der Waals surface area contributed by atoms with Crippen molar-refractivity contribution in [3.05, 3.63) is 169 Å². The Morgan fingerprint density at radius 2 is 1.15 bits per heavy atom. The normalized spacial score (nSPS) is 13.1. The van der Waals surface area contributed by atoms with Crippen molar-refractivity contribution in [2.75, 3.05) is 0 Å². The summed E-state index contributed by atoms with van der Waals surface area (Å²) in [7, 11) is 0. The third kappa shape index (κ3) is 4.95. The van der Waals surface area contributed by atoms with Crippen molar-refractivity contribution in [3.8, 4) is 67.5 Å². The van der Waals surface area contributed by atoms with Crippen LogP contribution < -0.4 is 0 Å². The molecular weight excluding hydrogens is 677 g/mol. The van der Waals surface area contributed by atoms with Gasteiger partial charge in [0.1, 0.15) is 16.7 Å². The summed E-state index contributed by atoms with van der Waals surface area (Å²) in [4.78, 5) is 19.4. The molecule has 1 aliphatic rings. The van der Waals surface area contributed by atoms with Gasteiger partial charge >= 0.3 is 0 Å². The summed E-state index contributed by atoms with van der Waals surface area (Å²) in [5, 5.41) is 2.19. The van der Waals surface area contributed by atoms with E-state index in [4.69, 9.17) is 23.8 Å². The molecule has 10 aromatic rings. The van der Waals surface area contributed by atoms with E-state index in [-0.39, 0.29) is 5.41 Å². The number of oxazole rings is 1. The standard InChI is InChI=1S/C49H32N4O2/c1-49(2)38-22-23-40-45(54-28-50-40)44(38)35-21-20-32(26-39(35)49)37-25-34(27-42-43(37)36-18-9-10-19-41(36)55-42)31-16-11-17-33(24-31)48-52-46(29-12-5-3-6-13-29)51-47(53-48)30-14-7-4-8-15-30/h3-28H,1-2H3. The van der Waals surface area contributed by atoms with Gasteiger partial charge < -0.3 is 8.83 Å². The number of aromatic nitrogens is 4. The lowest BCUT2D eigenvalue weighted by molar-refractivity contribution is 0.601. The second-order valence-electron chi connectivity index (χ2n) is 14.7. The van der Waals surface area contributed by atoms with Crippen LogP contribution in [-0.2, 0) is 5.41 Å². The average Bonchev–Trinajstić information content (AvgIpc) is 3.94. The second kappa shape index (κ2) is 11.9. The first kappa shape index (κ1) is 31.4. The summed E-state index contributed by atoms with van der Waals surface area (Å²) in [5.41, 5.74) is 15.1. The molecule has 11 rings (SSSR count). The van der Waals surface area contributed by atoms with Crippen LogP contribution in [0.4, 0.5) is 0 Å². The maximum Gasteiger partial charge on any atom is 0.182 e. The Labute approximate surface area is 316 Å². The first-order chi connectivity index (χ1) is 27.0. The molecule has 0 radical (unpaired) electrons. The Balaban J connectivity index is 1.09. The number of para-hydroxylation sites is 1. The Hall–Kier alpha value is -7.18. The zero-order valence-corrected chi connectivity index (χ0v) is 30.1. The minimum Gasteiger partial charge on any atom is -0.456 e. The molecule has 55 heavy (non-hydrogen) atoms. The fourth-order valence-electron chi connectivity index (χ4n) is 8.33. The lowest BCUT2D eigenvalue weighted by Crippen LogP contribution is -2.15. The van der Waals surface area contributed by atoms with Gasteiger partial charge in [-0.15, -0.1) is 0 Å².